The Labute approximate surface area is 106 Å². The molecule has 0 radical (unpaired) electrons. The number of aromatic nitrogens is 2. The van der Waals surface area contributed by atoms with Gasteiger partial charge in [-0.25, -0.2) is 4.98 Å². The van der Waals surface area contributed by atoms with Crippen molar-refractivity contribution in [2.45, 2.75) is 19.8 Å². The van der Waals surface area contributed by atoms with Gasteiger partial charge in [-0.1, -0.05) is 12.1 Å². The molecule has 2 aromatic heterocycles. The molecule has 1 N–H and O–H groups in total. The van der Waals surface area contributed by atoms with Gasteiger partial charge in [-0.3, -0.25) is 9.78 Å². The van der Waals surface area contributed by atoms with Gasteiger partial charge in [0.15, 0.2) is 0 Å². The highest BCUT2D eigenvalue weighted by Gasteiger charge is 2.05. The van der Waals surface area contributed by atoms with E-state index in [1.807, 2.05) is 37.3 Å². The minimum atomic E-state index is -0.0394. The molecule has 92 valence electrons. The first kappa shape index (κ1) is 12.2. The summed E-state index contributed by atoms with van der Waals surface area (Å²) in [5, 5.41) is 2.80. The molecule has 1 amide bonds. The zero-order chi connectivity index (χ0) is 12.8. The van der Waals surface area contributed by atoms with E-state index in [2.05, 4.69) is 15.3 Å². The second-order valence-electron chi connectivity index (χ2n) is 4.04. The summed E-state index contributed by atoms with van der Waals surface area (Å²) in [5.74, 6) is 0.589. The maximum atomic E-state index is 11.8. The van der Waals surface area contributed by atoms with Crippen LogP contribution >= 0.6 is 0 Å². The van der Waals surface area contributed by atoms with E-state index in [0.717, 1.165) is 11.3 Å². The second-order valence-corrected chi connectivity index (χ2v) is 4.04. The highest BCUT2D eigenvalue weighted by Crippen LogP contribution is 2.09. The van der Waals surface area contributed by atoms with Gasteiger partial charge in [-0.2, -0.15) is 0 Å². The van der Waals surface area contributed by atoms with Gasteiger partial charge in [0.25, 0.3) is 0 Å². The van der Waals surface area contributed by atoms with E-state index in [1.54, 1.807) is 12.4 Å². The fourth-order valence-corrected chi connectivity index (χ4v) is 1.60. The van der Waals surface area contributed by atoms with Crippen molar-refractivity contribution in [3.63, 3.8) is 0 Å². The summed E-state index contributed by atoms with van der Waals surface area (Å²) in [4.78, 5) is 20.1. The lowest BCUT2D eigenvalue weighted by Gasteiger charge is -2.06. The molecule has 0 unspecified atom stereocenters. The van der Waals surface area contributed by atoms with Crippen LogP contribution in [-0.4, -0.2) is 15.9 Å². The average molecular weight is 241 g/mol. The van der Waals surface area contributed by atoms with Crippen molar-refractivity contribution < 1.29 is 4.79 Å². The third-order valence-corrected chi connectivity index (χ3v) is 2.60. The molecule has 0 aliphatic heterocycles. The number of carbonyl (C=O) groups is 1. The Morgan fingerprint density at radius 1 is 1.17 bits per heavy atom. The van der Waals surface area contributed by atoms with Crippen LogP contribution in [0, 0.1) is 6.92 Å². The Hall–Kier alpha value is -2.23. The average Bonchev–Trinajstić information content (AvgIpc) is 2.40. The minimum Gasteiger partial charge on any atom is -0.310 e. The fourth-order valence-electron chi connectivity index (χ4n) is 1.60. The molecule has 0 saturated heterocycles. The third kappa shape index (κ3) is 3.38. The molecule has 4 heteroatoms. The number of hydrogen-bond acceptors (Lipinski definition) is 3. The highest BCUT2D eigenvalue weighted by atomic mass is 16.1. The number of nitrogens with one attached hydrogen (secondary N) is 1. The Kier molecular flexibility index (Phi) is 4.02. The molecule has 0 atom stereocenters. The number of rotatable bonds is 4. The summed E-state index contributed by atoms with van der Waals surface area (Å²) < 4.78 is 0. The van der Waals surface area contributed by atoms with E-state index >= 15 is 0 Å². The van der Waals surface area contributed by atoms with Gasteiger partial charge >= 0.3 is 0 Å². The quantitative estimate of drug-likeness (QED) is 0.894. The van der Waals surface area contributed by atoms with Crippen LogP contribution < -0.4 is 5.32 Å². The Morgan fingerprint density at radius 2 is 2.00 bits per heavy atom. The van der Waals surface area contributed by atoms with E-state index in [1.165, 1.54) is 0 Å². The van der Waals surface area contributed by atoms with Gasteiger partial charge in [-0.05, 0) is 37.1 Å². The van der Waals surface area contributed by atoms with Crippen LogP contribution in [0.3, 0.4) is 0 Å². The van der Waals surface area contributed by atoms with Gasteiger partial charge in [-0.15, -0.1) is 0 Å². The van der Waals surface area contributed by atoms with E-state index in [9.17, 15) is 4.79 Å². The summed E-state index contributed by atoms with van der Waals surface area (Å²) in [6.45, 7) is 1.92. The topological polar surface area (TPSA) is 54.9 Å². The van der Waals surface area contributed by atoms with Crippen molar-refractivity contribution in [3.8, 4) is 0 Å². The first-order valence-corrected chi connectivity index (χ1v) is 5.87. The summed E-state index contributed by atoms with van der Waals surface area (Å²) in [6, 6.07) is 9.46. The molecule has 2 aromatic rings. The normalized spacial score (nSPS) is 10.1. The number of nitrogens with zero attached hydrogens (tertiary/aromatic N) is 2. The fraction of sp³-hybridized carbons (Fsp3) is 0.214. The van der Waals surface area contributed by atoms with Gasteiger partial charge in [0.05, 0.1) is 0 Å². The molecule has 2 heterocycles. The maximum Gasteiger partial charge on any atom is 0.225 e. The van der Waals surface area contributed by atoms with Crippen molar-refractivity contribution in [1.29, 1.82) is 0 Å². The van der Waals surface area contributed by atoms with Crippen molar-refractivity contribution in [2.24, 2.45) is 0 Å². The number of carbonyl (C=O) groups excluding carboxylic acids is 1. The lowest BCUT2D eigenvalue weighted by Crippen LogP contribution is -2.14. The van der Waals surface area contributed by atoms with Crippen LogP contribution in [0.15, 0.2) is 42.7 Å². The predicted molar refractivity (Wildman–Crippen MR) is 70.2 cm³/mol. The lowest BCUT2D eigenvalue weighted by atomic mass is 10.2. The number of anilines is 1. The van der Waals surface area contributed by atoms with Gasteiger partial charge in [0, 0.05) is 24.5 Å². The van der Waals surface area contributed by atoms with E-state index in [0.29, 0.717) is 18.7 Å². The Bertz CT molecular complexity index is 526. The first-order chi connectivity index (χ1) is 8.75. The number of hydrogen-bond donors (Lipinski definition) is 1. The summed E-state index contributed by atoms with van der Waals surface area (Å²) in [5.41, 5.74) is 1.88. The standard InChI is InChI=1S/C14H15N3O/c1-11-5-4-10-16-14(11)17-13(18)8-7-12-6-2-3-9-15-12/h2-6,9-10H,7-8H2,1H3,(H,16,17,18). The zero-order valence-electron chi connectivity index (χ0n) is 10.3. The minimum absolute atomic E-state index is 0.0394. The molecular weight excluding hydrogens is 226 g/mol. The predicted octanol–water partition coefficient (Wildman–Crippen LogP) is 2.36. The van der Waals surface area contributed by atoms with Gasteiger partial charge < -0.3 is 5.32 Å². The second kappa shape index (κ2) is 5.91. The van der Waals surface area contributed by atoms with Crippen LogP contribution in [0.5, 0.6) is 0 Å². The number of pyridine rings is 2. The van der Waals surface area contributed by atoms with Crippen molar-refractivity contribution in [2.75, 3.05) is 5.32 Å². The first-order valence-electron chi connectivity index (χ1n) is 5.87. The van der Waals surface area contributed by atoms with E-state index in [4.69, 9.17) is 0 Å². The maximum absolute atomic E-state index is 11.8. The summed E-state index contributed by atoms with van der Waals surface area (Å²) >= 11 is 0. The monoisotopic (exact) mass is 241 g/mol. The molecule has 18 heavy (non-hydrogen) atoms. The SMILES string of the molecule is Cc1cccnc1NC(=O)CCc1ccccn1. The van der Waals surface area contributed by atoms with Crippen LogP contribution in [0.1, 0.15) is 17.7 Å². The highest BCUT2D eigenvalue weighted by molar-refractivity contribution is 5.90. The lowest BCUT2D eigenvalue weighted by molar-refractivity contribution is -0.116. The van der Waals surface area contributed by atoms with Crippen molar-refractivity contribution in [3.05, 3.63) is 54.0 Å². The molecule has 0 spiro atoms. The number of aryl methyl sites for hydroxylation is 2. The Morgan fingerprint density at radius 3 is 2.72 bits per heavy atom. The Balaban J connectivity index is 1.88. The molecule has 4 nitrogen and oxygen atoms in total. The summed E-state index contributed by atoms with van der Waals surface area (Å²) in [7, 11) is 0. The van der Waals surface area contributed by atoms with Crippen molar-refractivity contribution >= 4 is 11.7 Å². The van der Waals surface area contributed by atoms with Crippen molar-refractivity contribution in [1.82, 2.24) is 9.97 Å². The number of amides is 1. The smallest absolute Gasteiger partial charge is 0.225 e. The van der Waals surface area contributed by atoms with Gasteiger partial charge in [0.1, 0.15) is 5.82 Å². The molecule has 0 aliphatic carbocycles. The van der Waals surface area contributed by atoms with Crippen LogP contribution in [0.2, 0.25) is 0 Å². The molecule has 2 rings (SSSR count). The third-order valence-electron chi connectivity index (χ3n) is 2.60. The molecule has 0 fully saturated rings. The van der Waals surface area contributed by atoms with Gasteiger partial charge in [0.2, 0.25) is 5.91 Å². The van der Waals surface area contributed by atoms with Crippen LogP contribution in [-0.2, 0) is 11.2 Å². The molecule has 0 aliphatic rings. The zero-order valence-corrected chi connectivity index (χ0v) is 10.3. The van der Waals surface area contributed by atoms with E-state index in [-0.39, 0.29) is 5.91 Å². The largest absolute Gasteiger partial charge is 0.310 e. The van der Waals surface area contributed by atoms with Crippen LogP contribution in [0.4, 0.5) is 5.82 Å². The molecular formula is C14H15N3O. The van der Waals surface area contributed by atoms with E-state index < -0.39 is 0 Å². The summed E-state index contributed by atoms with van der Waals surface area (Å²) in [6.07, 6.45) is 4.45. The molecule has 0 saturated carbocycles. The molecule has 0 bridgehead atoms. The van der Waals surface area contributed by atoms with Crippen LogP contribution in [0.25, 0.3) is 0 Å². The molecule has 0 aromatic carbocycles.